The summed E-state index contributed by atoms with van der Waals surface area (Å²) in [6.07, 6.45) is -5.39. The maximum absolute atomic E-state index is 12.0. The number of aldehydes is 1. The standard InChI is InChI=1S/C8H5F3O/c9-8(10,11)7-3-1-6(5-12)2-4-7/h1-5H/i5D. The summed E-state index contributed by atoms with van der Waals surface area (Å²) in [4.78, 5) is 10.4. The highest BCUT2D eigenvalue weighted by molar-refractivity contribution is 5.74. The molecule has 0 fully saturated rings. The Balaban J connectivity index is 3.01. The maximum Gasteiger partial charge on any atom is 0.416 e. The van der Waals surface area contributed by atoms with E-state index in [-0.39, 0.29) is 5.56 Å². The van der Waals surface area contributed by atoms with Crippen LogP contribution >= 0.6 is 0 Å². The molecule has 64 valence electrons. The Morgan fingerprint density at radius 3 is 2.08 bits per heavy atom. The van der Waals surface area contributed by atoms with E-state index >= 15 is 0 Å². The summed E-state index contributed by atoms with van der Waals surface area (Å²) in [6, 6.07) is 3.53. The topological polar surface area (TPSA) is 17.1 Å². The zero-order valence-corrected chi connectivity index (χ0v) is 5.85. The first-order valence-corrected chi connectivity index (χ1v) is 3.09. The largest absolute Gasteiger partial charge is 0.416 e. The van der Waals surface area contributed by atoms with Crippen molar-refractivity contribution >= 4 is 6.26 Å². The number of hydrogen-bond donors (Lipinski definition) is 0. The first-order chi connectivity index (χ1) is 5.91. The SMILES string of the molecule is [2H]C(=O)c1ccc(C(F)(F)F)cc1. The van der Waals surface area contributed by atoms with E-state index in [0.717, 1.165) is 24.3 Å². The molecule has 0 aliphatic heterocycles. The van der Waals surface area contributed by atoms with Gasteiger partial charge in [0, 0.05) is 5.56 Å². The van der Waals surface area contributed by atoms with Crippen LogP contribution in [0.5, 0.6) is 0 Å². The smallest absolute Gasteiger partial charge is 0.298 e. The van der Waals surface area contributed by atoms with Gasteiger partial charge in [0.1, 0.15) is 7.63 Å². The summed E-state index contributed by atoms with van der Waals surface area (Å²) < 4.78 is 42.6. The molecule has 0 heterocycles. The van der Waals surface area contributed by atoms with Gasteiger partial charge in [0.2, 0.25) is 0 Å². The van der Waals surface area contributed by atoms with Crippen LogP contribution in [0.25, 0.3) is 0 Å². The van der Waals surface area contributed by atoms with Crippen LogP contribution in [0.3, 0.4) is 0 Å². The number of benzene rings is 1. The summed E-state index contributed by atoms with van der Waals surface area (Å²) in [5.74, 6) is 0. The van der Waals surface area contributed by atoms with E-state index < -0.39 is 18.0 Å². The van der Waals surface area contributed by atoms with Gasteiger partial charge in [0.25, 0.3) is 0 Å². The normalized spacial score (nSPS) is 12.4. The highest BCUT2D eigenvalue weighted by Crippen LogP contribution is 2.28. The summed E-state index contributed by atoms with van der Waals surface area (Å²) in [6.45, 7) is 0. The number of hydrogen-bond acceptors (Lipinski definition) is 1. The Morgan fingerprint density at radius 1 is 1.25 bits per heavy atom. The van der Waals surface area contributed by atoms with Crippen LogP contribution in [0, 0.1) is 0 Å². The lowest BCUT2D eigenvalue weighted by Gasteiger charge is -2.04. The predicted octanol–water partition coefficient (Wildman–Crippen LogP) is 2.52. The van der Waals surface area contributed by atoms with E-state index in [4.69, 9.17) is 1.37 Å². The summed E-state index contributed by atoms with van der Waals surface area (Å²) in [5, 5.41) is 0. The van der Waals surface area contributed by atoms with Crippen molar-refractivity contribution in [3.05, 3.63) is 35.4 Å². The van der Waals surface area contributed by atoms with Gasteiger partial charge in [-0.1, -0.05) is 12.1 Å². The Labute approximate surface area is 68.2 Å². The molecule has 0 aliphatic carbocycles. The lowest BCUT2D eigenvalue weighted by molar-refractivity contribution is -0.137. The molecule has 0 spiro atoms. The second-order valence-corrected chi connectivity index (χ2v) is 2.18. The van der Waals surface area contributed by atoms with Gasteiger partial charge in [-0.05, 0) is 12.1 Å². The van der Waals surface area contributed by atoms with E-state index in [0.29, 0.717) is 0 Å². The fraction of sp³-hybridized carbons (Fsp3) is 0.125. The van der Waals surface area contributed by atoms with Crippen LogP contribution < -0.4 is 0 Å². The highest BCUT2D eigenvalue weighted by Gasteiger charge is 2.29. The lowest BCUT2D eigenvalue weighted by Crippen LogP contribution is -2.04. The number of halogens is 3. The zero-order chi connectivity index (χ0) is 10.1. The Bertz CT molecular complexity index is 315. The van der Waals surface area contributed by atoms with Crippen LogP contribution in [-0.2, 0) is 6.18 Å². The Morgan fingerprint density at radius 2 is 1.75 bits per heavy atom. The van der Waals surface area contributed by atoms with Crippen molar-refractivity contribution in [2.75, 3.05) is 0 Å². The van der Waals surface area contributed by atoms with E-state index in [9.17, 15) is 18.0 Å². The van der Waals surface area contributed by atoms with E-state index in [1.54, 1.807) is 0 Å². The minimum absolute atomic E-state index is 0.0481. The number of carbonyl (C=O) groups is 1. The third kappa shape index (κ3) is 1.84. The second kappa shape index (κ2) is 2.97. The van der Waals surface area contributed by atoms with Gasteiger partial charge in [-0.15, -0.1) is 0 Å². The molecule has 0 saturated carbocycles. The molecule has 1 aromatic rings. The second-order valence-electron chi connectivity index (χ2n) is 2.18. The molecule has 0 radical (unpaired) electrons. The molecule has 0 bridgehead atoms. The average Bonchev–Trinajstić information content (AvgIpc) is 2.03. The minimum Gasteiger partial charge on any atom is -0.298 e. The molecule has 0 atom stereocenters. The van der Waals surface area contributed by atoms with Crippen molar-refractivity contribution < 1.29 is 19.3 Å². The van der Waals surface area contributed by atoms with Crippen molar-refractivity contribution in [1.82, 2.24) is 0 Å². The molecule has 0 saturated heterocycles. The first kappa shape index (κ1) is 7.34. The van der Waals surface area contributed by atoms with Gasteiger partial charge in [0.15, 0.2) is 0 Å². The van der Waals surface area contributed by atoms with Crippen LogP contribution in [0.15, 0.2) is 24.3 Å². The van der Waals surface area contributed by atoms with Crippen LogP contribution in [-0.4, -0.2) is 6.26 Å². The Hall–Kier alpha value is -1.32. The van der Waals surface area contributed by atoms with Crippen LogP contribution in [0.4, 0.5) is 13.2 Å². The van der Waals surface area contributed by atoms with Crippen molar-refractivity contribution in [1.29, 1.82) is 0 Å². The number of alkyl halides is 3. The quantitative estimate of drug-likeness (QED) is 0.599. The van der Waals surface area contributed by atoms with Crippen LogP contribution in [0.2, 0.25) is 0 Å². The fourth-order valence-corrected chi connectivity index (χ4v) is 0.727. The van der Waals surface area contributed by atoms with Crippen LogP contribution in [0.1, 0.15) is 17.3 Å². The molecule has 1 aromatic carbocycles. The van der Waals surface area contributed by atoms with Crippen molar-refractivity contribution in [2.45, 2.75) is 6.18 Å². The number of rotatable bonds is 1. The first-order valence-electron chi connectivity index (χ1n) is 3.59. The maximum atomic E-state index is 12.0. The third-order valence-electron chi connectivity index (χ3n) is 1.33. The van der Waals surface area contributed by atoms with Gasteiger partial charge < -0.3 is 0 Å². The molecule has 0 aromatic heterocycles. The monoisotopic (exact) mass is 175 g/mol. The van der Waals surface area contributed by atoms with Gasteiger partial charge in [0.05, 0.1) is 5.56 Å². The van der Waals surface area contributed by atoms with E-state index in [1.165, 1.54) is 0 Å². The molecule has 1 rings (SSSR count). The van der Waals surface area contributed by atoms with Crippen molar-refractivity contribution in [3.8, 4) is 0 Å². The summed E-state index contributed by atoms with van der Waals surface area (Å²) in [7, 11) is 0. The van der Waals surface area contributed by atoms with Crippen molar-refractivity contribution in [2.24, 2.45) is 0 Å². The van der Waals surface area contributed by atoms with E-state index in [1.807, 2.05) is 0 Å². The fourth-order valence-electron chi connectivity index (χ4n) is 0.727. The van der Waals surface area contributed by atoms with Gasteiger partial charge >= 0.3 is 6.18 Å². The molecule has 0 aliphatic rings. The summed E-state index contributed by atoms with van der Waals surface area (Å²) >= 11 is 0. The van der Waals surface area contributed by atoms with E-state index in [2.05, 4.69) is 0 Å². The molecule has 12 heavy (non-hydrogen) atoms. The molecule has 4 heteroatoms. The zero-order valence-electron chi connectivity index (χ0n) is 6.85. The highest BCUT2D eigenvalue weighted by atomic mass is 19.4. The van der Waals surface area contributed by atoms with Crippen molar-refractivity contribution in [3.63, 3.8) is 0 Å². The van der Waals surface area contributed by atoms with Gasteiger partial charge in [-0.3, -0.25) is 4.79 Å². The van der Waals surface area contributed by atoms with Gasteiger partial charge in [-0.2, -0.15) is 13.2 Å². The molecule has 0 amide bonds. The molecule has 0 N–H and O–H groups in total. The summed E-state index contributed by atoms with van der Waals surface area (Å²) in [5.41, 5.74) is -0.870. The molecular formula is C8H5F3O. The molecule has 1 nitrogen and oxygen atoms in total. The number of carbonyl (C=O) groups excluding carboxylic acids is 1. The average molecular weight is 175 g/mol. The minimum atomic E-state index is -4.40. The molecule has 0 unspecified atom stereocenters. The lowest BCUT2D eigenvalue weighted by atomic mass is 10.1. The van der Waals surface area contributed by atoms with Gasteiger partial charge in [-0.25, -0.2) is 0 Å². The third-order valence-corrected chi connectivity index (χ3v) is 1.33. The molecular weight excluding hydrogens is 169 g/mol. The predicted molar refractivity (Wildman–Crippen MR) is 36.8 cm³/mol. The Kier molecular flexibility index (Phi) is 1.81.